The summed E-state index contributed by atoms with van der Waals surface area (Å²) in [6.45, 7) is 4.32. The quantitative estimate of drug-likeness (QED) is 0.370. The summed E-state index contributed by atoms with van der Waals surface area (Å²) in [6, 6.07) is 17.7. The van der Waals surface area contributed by atoms with Crippen LogP contribution in [0, 0.1) is 0 Å². The molecule has 3 rings (SSSR count). The number of anilines is 2. The largest absolute Gasteiger partial charge is 0.402 e. The molecule has 0 radical (unpaired) electrons. The molecule has 27 heavy (non-hydrogen) atoms. The van der Waals surface area contributed by atoms with Crippen LogP contribution in [0.15, 0.2) is 64.5 Å². The maximum atomic E-state index is 12.1. The lowest BCUT2D eigenvalue weighted by atomic mass is 9.95. The molecule has 0 saturated carbocycles. The van der Waals surface area contributed by atoms with Crippen molar-refractivity contribution in [2.45, 2.75) is 29.7 Å². The lowest BCUT2D eigenvalue weighted by Gasteiger charge is -2.11. The van der Waals surface area contributed by atoms with Crippen LogP contribution in [0.3, 0.4) is 0 Å². The molecular formula is C20H23N4OS2+. The first-order valence-electron chi connectivity index (χ1n) is 8.59. The fourth-order valence-corrected chi connectivity index (χ4v) is 3.89. The van der Waals surface area contributed by atoms with Crippen LogP contribution in [-0.4, -0.2) is 15.4 Å². The van der Waals surface area contributed by atoms with E-state index in [1.165, 1.54) is 17.5 Å². The third-order valence-electron chi connectivity index (χ3n) is 4.03. The Morgan fingerprint density at radius 3 is 2.63 bits per heavy atom. The number of rotatable bonds is 6. The molecule has 2 aromatic carbocycles. The Kier molecular flexibility index (Phi) is 6.13. The summed E-state index contributed by atoms with van der Waals surface area (Å²) in [5, 5.41) is 0.526. The zero-order chi connectivity index (χ0) is 19.4. The highest BCUT2D eigenvalue weighted by molar-refractivity contribution is 8.00. The molecule has 0 aliphatic heterocycles. The van der Waals surface area contributed by atoms with Gasteiger partial charge in [0.15, 0.2) is 0 Å². The fourth-order valence-electron chi connectivity index (χ4n) is 2.73. The lowest BCUT2D eigenvalue weighted by Crippen LogP contribution is -2.17. The molecule has 4 N–H and O–H groups in total. The number of aromatic nitrogens is 2. The van der Waals surface area contributed by atoms with Crippen molar-refractivity contribution < 1.29 is 9.19 Å². The summed E-state index contributed by atoms with van der Waals surface area (Å²) in [5.41, 5.74) is 9.72. The van der Waals surface area contributed by atoms with Crippen LogP contribution in [0.5, 0.6) is 0 Å². The van der Waals surface area contributed by atoms with Crippen LogP contribution in [0.4, 0.5) is 11.6 Å². The molecule has 0 aliphatic rings. The van der Waals surface area contributed by atoms with Gasteiger partial charge in [-0.15, -0.1) is 0 Å². The van der Waals surface area contributed by atoms with Crippen molar-refractivity contribution in [3.05, 3.63) is 60.2 Å². The lowest BCUT2D eigenvalue weighted by molar-refractivity contribution is -0.351. The van der Waals surface area contributed by atoms with E-state index < -0.39 is 10.8 Å². The van der Waals surface area contributed by atoms with Gasteiger partial charge in [-0.25, -0.2) is 9.71 Å². The van der Waals surface area contributed by atoms with Gasteiger partial charge in [-0.3, -0.25) is 4.21 Å². The zero-order valence-corrected chi connectivity index (χ0v) is 17.2. The van der Waals surface area contributed by atoms with Crippen LogP contribution < -0.4 is 15.4 Å². The minimum absolute atomic E-state index is 0.372. The van der Waals surface area contributed by atoms with Gasteiger partial charge in [0.1, 0.15) is 5.69 Å². The molecule has 1 atom stereocenters. The molecule has 3 aromatic rings. The van der Waals surface area contributed by atoms with Gasteiger partial charge in [0.2, 0.25) is 5.03 Å². The Morgan fingerprint density at radius 2 is 1.93 bits per heavy atom. The van der Waals surface area contributed by atoms with Gasteiger partial charge in [0.25, 0.3) is 0 Å². The van der Waals surface area contributed by atoms with Crippen molar-refractivity contribution in [2.24, 2.45) is 0 Å². The second kappa shape index (κ2) is 8.54. The molecule has 0 aliphatic carbocycles. The number of nitrogens with zero attached hydrogens (tertiary/aromatic N) is 1. The van der Waals surface area contributed by atoms with Gasteiger partial charge in [-0.05, 0) is 29.7 Å². The summed E-state index contributed by atoms with van der Waals surface area (Å²) in [4.78, 5) is 8.75. The predicted molar refractivity (Wildman–Crippen MR) is 113 cm³/mol. The van der Waals surface area contributed by atoms with Crippen molar-refractivity contribution in [1.82, 2.24) is 4.98 Å². The van der Waals surface area contributed by atoms with E-state index in [4.69, 9.17) is 5.73 Å². The standard InChI is InChI=1S/C20H22N4OS2/c1-13(2)16-9-4-5-10-17(16)18-12-19(27(3)25)23-20(22-18)24-26-15-8-6-7-14(21)11-15/h4-13H,21H2,1-3H3,(H,22,23,24)/p+1. The van der Waals surface area contributed by atoms with E-state index in [1.807, 2.05) is 42.5 Å². The predicted octanol–water partition coefficient (Wildman–Crippen LogP) is 4.12. The van der Waals surface area contributed by atoms with Gasteiger partial charge < -0.3 is 5.73 Å². The van der Waals surface area contributed by atoms with E-state index in [1.54, 1.807) is 6.26 Å². The highest BCUT2D eigenvalue weighted by Gasteiger charge is 2.18. The van der Waals surface area contributed by atoms with Crippen molar-refractivity contribution in [3.63, 3.8) is 0 Å². The minimum Gasteiger partial charge on any atom is -0.399 e. The number of nitrogens with two attached hydrogens (primary N) is 1. The number of benzene rings is 2. The minimum atomic E-state index is -1.19. The molecule has 0 amide bonds. The molecule has 0 spiro atoms. The van der Waals surface area contributed by atoms with Gasteiger partial charge >= 0.3 is 5.95 Å². The topological polar surface area (TPSA) is 82.2 Å². The first kappa shape index (κ1) is 19.4. The van der Waals surface area contributed by atoms with Crippen LogP contribution >= 0.6 is 11.9 Å². The van der Waals surface area contributed by atoms with E-state index in [-0.39, 0.29) is 0 Å². The summed E-state index contributed by atoms with van der Waals surface area (Å²) >= 11 is 1.40. The Bertz CT molecular complexity index is 976. The zero-order valence-electron chi connectivity index (χ0n) is 15.5. The SMILES string of the molecule is CC(C)c1ccccc1-c1cc(S(C)=O)nc(NSc2cccc(N)c2)[nH+]1. The second-order valence-electron chi connectivity index (χ2n) is 6.45. The molecule has 0 bridgehead atoms. The third kappa shape index (κ3) is 4.87. The maximum Gasteiger partial charge on any atom is 0.402 e. The summed E-state index contributed by atoms with van der Waals surface area (Å²) in [6.07, 6.45) is 1.63. The van der Waals surface area contributed by atoms with Crippen LogP contribution in [-0.2, 0) is 10.8 Å². The molecule has 5 nitrogen and oxygen atoms in total. The van der Waals surface area contributed by atoms with Gasteiger partial charge in [-0.1, -0.05) is 49.2 Å². The highest BCUT2D eigenvalue weighted by atomic mass is 32.2. The van der Waals surface area contributed by atoms with E-state index in [0.29, 0.717) is 22.6 Å². The molecule has 1 aromatic heterocycles. The molecule has 1 unspecified atom stereocenters. The second-order valence-corrected chi connectivity index (χ2v) is 8.66. The number of nitrogens with one attached hydrogen (secondary N) is 2. The van der Waals surface area contributed by atoms with Crippen LogP contribution in [0.2, 0.25) is 0 Å². The Balaban J connectivity index is 1.97. The third-order valence-corrected chi connectivity index (χ3v) is 5.62. The van der Waals surface area contributed by atoms with Crippen molar-refractivity contribution in [1.29, 1.82) is 0 Å². The van der Waals surface area contributed by atoms with Crippen molar-refractivity contribution in [3.8, 4) is 11.3 Å². The summed E-state index contributed by atoms with van der Waals surface area (Å²) in [5.74, 6) is 0.917. The smallest absolute Gasteiger partial charge is 0.399 e. The first-order chi connectivity index (χ1) is 12.9. The average Bonchev–Trinajstić information content (AvgIpc) is 2.66. The first-order valence-corrected chi connectivity index (χ1v) is 11.0. The van der Waals surface area contributed by atoms with Crippen LogP contribution in [0.1, 0.15) is 25.3 Å². The maximum absolute atomic E-state index is 12.1. The van der Waals surface area contributed by atoms with Crippen molar-refractivity contribution >= 4 is 34.4 Å². The van der Waals surface area contributed by atoms with E-state index in [0.717, 1.165) is 16.2 Å². The van der Waals surface area contributed by atoms with Gasteiger partial charge in [0.05, 0.1) is 22.7 Å². The number of hydrogen-bond acceptors (Lipinski definition) is 5. The van der Waals surface area contributed by atoms with Gasteiger partial charge in [0, 0.05) is 28.5 Å². The number of aromatic amines is 1. The number of hydrogen-bond donors (Lipinski definition) is 2. The Labute approximate surface area is 166 Å². The summed E-state index contributed by atoms with van der Waals surface area (Å²) in [7, 11) is -1.19. The number of H-pyrrole nitrogens is 1. The summed E-state index contributed by atoms with van der Waals surface area (Å²) < 4.78 is 15.3. The van der Waals surface area contributed by atoms with E-state index in [2.05, 4.69) is 40.7 Å². The highest BCUT2D eigenvalue weighted by Crippen LogP contribution is 2.28. The fraction of sp³-hybridized carbons (Fsp3) is 0.200. The van der Waals surface area contributed by atoms with E-state index in [9.17, 15) is 4.21 Å². The van der Waals surface area contributed by atoms with Gasteiger partial charge in [-0.2, -0.15) is 0 Å². The normalized spacial score (nSPS) is 12.1. The van der Waals surface area contributed by atoms with E-state index >= 15 is 0 Å². The molecular weight excluding hydrogens is 376 g/mol. The molecule has 140 valence electrons. The van der Waals surface area contributed by atoms with Crippen molar-refractivity contribution in [2.75, 3.05) is 16.7 Å². The average molecular weight is 400 g/mol. The molecule has 0 fully saturated rings. The van der Waals surface area contributed by atoms with Crippen LogP contribution in [0.25, 0.3) is 11.3 Å². The number of nitrogen functional groups attached to an aromatic ring is 1. The molecule has 0 saturated heterocycles. The Hall–Kier alpha value is -2.38. The Morgan fingerprint density at radius 1 is 1.15 bits per heavy atom. The molecule has 7 heteroatoms. The molecule has 1 heterocycles. The monoisotopic (exact) mass is 399 g/mol.